The monoisotopic (exact) mass is 255 g/mol. The predicted molar refractivity (Wildman–Crippen MR) is 74.9 cm³/mol. The molecule has 2 aromatic carbocycles. The largest absolute Gasteiger partial charge is 0.437 e. The molecule has 0 aliphatic heterocycles. The number of hydrogen-bond acceptors (Lipinski definition) is 2. The molecule has 98 valence electrons. The number of nitrogens with two attached hydrogens (primary N) is 1. The quantitative estimate of drug-likeness (QED) is 0.912. The van der Waals surface area contributed by atoms with Crippen LogP contribution in [0.1, 0.15) is 28.4 Å². The third-order valence-electron chi connectivity index (χ3n) is 2.99. The van der Waals surface area contributed by atoms with E-state index in [0.717, 1.165) is 22.3 Å². The summed E-state index contributed by atoms with van der Waals surface area (Å²) in [5, 5.41) is 0. The Labute approximate surface area is 113 Å². The van der Waals surface area contributed by atoms with E-state index in [1.807, 2.05) is 62.4 Å². The van der Waals surface area contributed by atoms with Gasteiger partial charge in [-0.15, -0.1) is 0 Å². The summed E-state index contributed by atoms with van der Waals surface area (Å²) in [6, 6.07) is 15.7. The normalized spacial score (nSPS) is 10.5. The molecule has 0 unspecified atom stereocenters. The molecular formula is C16H17NO2. The third kappa shape index (κ3) is 3.35. The van der Waals surface area contributed by atoms with E-state index in [4.69, 9.17) is 10.5 Å². The van der Waals surface area contributed by atoms with Crippen LogP contribution in [0, 0.1) is 13.8 Å². The predicted octanol–water partition coefficient (Wildman–Crippen LogP) is 3.49. The second-order valence-electron chi connectivity index (χ2n) is 4.64. The van der Waals surface area contributed by atoms with Gasteiger partial charge < -0.3 is 10.5 Å². The molecule has 0 spiro atoms. The van der Waals surface area contributed by atoms with Gasteiger partial charge in [0.05, 0.1) is 0 Å². The first-order chi connectivity index (χ1) is 9.06. The van der Waals surface area contributed by atoms with Gasteiger partial charge in [-0.3, -0.25) is 0 Å². The van der Waals surface area contributed by atoms with Gasteiger partial charge in [0.25, 0.3) is 0 Å². The number of ether oxygens (including phenoxy) is 1. The first-order valence-corrected chi connectivity index (χ1v) is 6.15. The summed E-state index contributed by atoms with van der Waals surface area (Å²) >= 11 is 0. The highest BCUT2D eigenvalue weighted by molar-refractivity contribution is 5.65. The summed E-state index contributed by atoms with van der Waals surface area (Å²) in [4.78, 5) is 11.1. The van der Waals surface area contributed by atoms with Gasteiger partial charge in [-0.1, -0.05) is 59.7 Å². The van der Waals surface area contributed by atoms with Crippen LogP contribution >= 0.6 is 0 Å². The number of aryl methyl sites for hydroxylation is 2. The zero-order chi connectivity index (χ0) is 13.8. The van der Waals surface area contributed by atoms with Crippen molar-refractivity contribution in [1.82, 2.24) is 0 Å². The van der Waals surface area contributed by atoms with E-state index >= 15 is 0 Å². The van der Waals surface area contributed by atoms with Crippen LogP contribution in [-0.2, 0) is 4.74 Å². The second kappa shape index (κ2) is 5.57. The molecule has 0 saturated carbocycles. The van der Waals surface area contributed by atoms with E-state index in [-0.39, 0.29) is 0 Å². The molecule has 0 radical (unpaired) electrons. The Morgan fingerprint density at radius 1 is 0.895 bits per heavy atom. The maximum atomic E-state index is 11.1. The highest BCUT2D eigenvalue weighted by Gasteiger charge is 2.17. The van der Waals surface area contributed by atoms with Gasteiger partial charge in [0, 0.05) is 0 Å². The molecule has 0 aliphatic carbocycles. The van der Waals surface area contributed by atoms with Crippen LogP contribution in [0.4, 0.5) is 4.79 Å². The maximum absolute atomic E-state index is 11.1. The topological polar surface area (TPSA) is 52.3 Å². The van der Waals surface area contributed by atoms with Gasteiger partial charge >= 0.3 is 6.09 Å². The average Bonchev–Trinajstić information content (AvgIpc) is 2.38. The van der Waals surface area contributed by atoms with Crippen molar-refractivity contribution in [2.75, 3.05) is 0 Å². The fraction of sp³-hybridized carbons (Fsp3) is 0.188. The summed E-state index contributed by atoms with van der Waals surface area (Å²) in [6.45, 7) is 4.03. The van der Waals surface area contributed by atoms with E-state index in [1.165, 1.54) is 0 Å². The minimum atomic E-state index is -0.772. The lowest BCUT2D eigenvalue weighted by atomic mass is 9.99. The summed E-state index contributed by atoms with van der Waals surface area (Å²) in [6.07, 6.45) is -1.23. The minimum Gasteiger partial charge on any atom is -0.437 e. The van der Waals surface area contributed by atoms with Crippen molar-refractivity contribution in [3.05, 3.63) is 70.8 Å². The smallest absolute Gasteiger partial charge is 0.405 e. The van der Waals surface area contributed by atoms with Gasteiger partial charge in [0.1, 0.15) is 0 Å². The number of benzene rings is 2. The molecular weight excluding hydrogens is 238 g/mol. The van der Waals surface area contributed by atoms with Gasteiger partial charge in [0.15, 0.2) is 6.10 Å². The number of amides is 1. The van der Waals surface area contributed by atoms with Crippen LogP contribution in [0.15, 0.2) is 48.5 Å². The van der Waals surface area contributed by atoms with E-state index in [2.05, 4.69) is 0 Å². The van der Waals surface area contributed by atoms with Gasteiger partial charge in [0.2, 0.25) is 0 Å². The lowest BCUT2D eigenvalue weighted by Crippen LogP contribution is -2.18. The molecule has 0 atom stereocenters. The molecule has 0 saturated heterocycles. The third-order valence-corrected chi connectivity index (χ3v) is 2.99. The first-order valence-electron chi connectivity index (χ1n) is 6.15. The van der Waals surface area contributed by atoms with E-state index in [0.29, 0.717) is 0 Å². The standard InChI is InChI=1S/C16H17NO2/c1-11-3-7-13(8-4-11)15(19-16(17)18)14-9-5-12(2)6-10-14/h3-10,15H,1-2H3,(H2,17,18). The number of hydrogen-bond donors (Lipinski definition) is 1. The number of carbonyl (C=O) groups excluding carboxylic acids is 1. The van der Waals surface area contributed by atoms with Crippen molar-refractivity contribution in [3.8, 4) is 0 Å². The molecule has 2 aromatic rings. The van der Waals surface area contributed by atoms with E-state index < -0.39 is 12.2 Å². The van der Waals surface area contributed by atoms with Crippen molar-refractivity contribution in [3.63, 3.8) is 0 Å². The Bertz CT molecular complexity index is 513. The van der Waals surface area contributed by atoms with E-state index in [1.54, 1.807) is 0 Å². The minimum absolute atomic E-state index is 0.460. The van der Waals surface area contributed by atoms with Crippen LogP contribution in [0.2, 0.25) is 0 Å². The average molecular weight is 255 g/mol. The Morgan fingerprint density at radius 3 is 1.58 bits per heavy atom. The summed E-state index contributed by atoms with van der Waals surface area (Å²) in [5.74, 6) is 0. The molecule has 0 aromatic heterocycles. The summed E-state index contributed by atoms with van der Waals surface area (Å²) in [5.41, 5.74) is 9.30. The lowest BCUT2D eigenvalue weighted by molar-refractivity contribution is 0.126. The van der Waals surface area contributed by atoms with Crippen LogP contribution in [0.25, 0.3) is 0 Å². The molecule has 19 heavy (non-hydrogen) atoms. The highest BCUT2D eigenvalue weighted by atomic mass is 16.6. The van der Waals surface area contributed by atoms with Crippen molar-refractivity contribution < 1.29 is 9.53 Å². The molecule has 0 bridgehead atoms. The number of rotatable bonds is 3. The molecule has 1 amide bonds. The maximum Gasteiger partial charge on any atom is 0.405 e. The Balaban J connectivity index is 2.37. The van der Waals surface area contributed by atoms with Crippen molar-refractivity contribution in [2.24, 2.45) is 5.73 Å². The molecule has 0 heterocycles. The lowest BCUT2D eigenvalue weighted by Gasteiger charge is -2.18. The fourth-order valence-corrected chi connectivity index (χ4v) is 1.93. The van der Waals surface area contributed by atoms with Gasteiger partial charge in [-0.05, 0) is 25.0 Å². The van der Waals surface area contributed by atoms with Crippen molar-refractivity contribution >= 4 is 6.09 Å². The Kier molecular flexibility index (Phi) is 3.85. The molecule has 3 heteroatoms. The van der Waals surface area contributed by atoms with Crippen LogP contribution in [0.5, 0.6) is 0 Å². The van der Waals surface area contributed by atoms with Crippen LogP contribution < -0.4 is 5.73 Å². The van der Waals surface area contributed by atoms with E-state index in [9.17, 15) is 4.79 Å². The van der Waals surface area contributed by atoms with Crippen molar-refractivity contribution in [2.45, 2.75) is 20.0 Å². The van der Waals surface area contributed by atoms with Crippen molar-refractivity contribution in [1.29, 1.82) is 0 Å². The fourth-order valence-electron chi connectivity index (χ4n) is 1.93. The zero-order valence-electron chi connectivity index (χ0n) is 11.1. The van der Waals surface area contributed by atoms with Crippen LogP contribution in [-0.4, -0.2) is 6.09 Å². The number of carbonyl (C=O) groups is 1. The summed E-state index contributed by atoms with van der Waals surface area (Å²) in [7, 11) is 0. The second-order valence-corrected chi connectivity index (χ2v) is 4.64. The Morgan fingerprint density at radius 2 is 1.26 bits per heavy atom. The first kappa shape index (κ1) is 13.1. The van der Waals surface area contributed by atoms with Gasteiger partial charge in [-0.25, -0.2) is 4.79 Å². The van der Waals surface area contributed by atoms with Crippen LogP contribution in [0.3, 0.4) is 0 Å². The molecule has 0 aliphatic rings. The van der Waals surface area contributed by atoms with Gasteiger partial charge in [-0.2, -0.15) is 0 Å². The molecule has 0 fully saturated rings. The SMILES string of the molecule is Cc1ccc(C(OC(N)=O)c2ccc(C)cc2)cc1. The zero-order valence-corrected chi connectivity index (χ0v) is 11.1. The molecule has 3 nitrogen and oxygen atoms in total. The Hall–Kier alpha value is -2.29. The highest BCUT2D eigenvalue weighted by Crippen LogP contribution is 2.26. The number of primary amides is 1. The molecule has 2 N–H and O–H groups in total. The molecule has 2 rings (SSSR count). The summed E-state index contributed by atoms with van der Waals surface area (Å²) < 4.78 is 5.24.